The van der Waals surface area contributed by atoms with E-state index in [2.05, 4.69) is 21.2 Å². The van der Waals surface area contributed by atoms with Crippen LogP contribution in [-0.4, -0.2) is 23.6 Å². The molecule has 0 radical (unpaired) electrons. The highest BCUT2D eigenvalue weighted by Gasteiger charge is 2.33. The van der Waals surface area contributed by atoms with Gasteiger partial charge < -0.3 is 5.32 Å². The Bertz CT molecular complexity index is 212. The monoisotopic (exact) mass is 263 g/mol. The molecule has 0 bridgehead atoms. The number of hydrogen-bond donors (Lipinski definition) is 1. The van der Waals surface area contributed by atoms with Crippen molar-refractivity contribution in [2.75, 3.05) is 11.9 Å². The predicted molar refractivity (Wildman–Crippen MR) is 60.5 cm³/mol. The van der Waals surface area contributed by atoms with Gasteiger partial charge in [-0.2, -0.15) is 0 Å². The summed E-state index contributed by atoms with van der Waals surface area (Å²) in [6.45, 7) is 5.87. The van der Waals surface area contributed by atoms with Gasteiger partial charge in [-0.1, -0.05) is 29.8 Å². The van der Waals surface area contributed by atoms with E-state index in [-0.39, 0.29) is 11.7 Å². The minimum Gasteiger partial charge on any atom is -0.355 e. The molecule has 82 valence electrons. The van der Waals surface area contributed by atoms with Crippen molar-refractivity contribution in [1.82, 2.24) is 5.32 Å². The lowest BCUT2D eigenvalue weighted by atomic mass is 9.79. The Morgan fingerprint density at radius 2 is 1.79 bits per heavy atom. The molecule has 0 spiro atoms. The quantitative estimate of drug-likeness (QED) is 0.745. The molecule has 14 heavy (non-hydrogen) atoms. The highest BCUT2D eigenvalue weighted by molar-refractivity contribution is 9.09. The molecule has 0 unspecified atom stereocenters. The van der Waals surface area contributed by atoms with Crippen molar-refractivity contribution < 1.29 is 9.59 Å². The van der Waals surface area contributed by atoms with E-state index < -0.39 is 5.41 Å². The summed E-state index contributed by atoms with van der Waals surface area (Å²) < 4.78 is 0. The average Bonchev–Trinajstić information content (AvgIpc) is 2.19. The van der Waals surface area contributed by atoms with Crippen molar-refractivity contribution in [3.05, 3.63) is 0 Å². The van der Waals surface area contributed by atoms with E-state index in [9.17, 15) is 9.59 Å². The molecule has 0 saturated carbocycles. The van der Waals surface area contributed by atoms with Crippen LogP contribution < -0.4 is 5.32 Å². The number of Topliss-reactive ketones (excluding diaryl/α,β-unsaturated/α-hetero) is 1. The summed E-state index contributed by atoms with van der Waals surface area (Å²) in [4.78, 5) is 22.5. The van der Waals surface area contributed by atoms with Crippen molar-refractivity contribution in [2.24, 2.45) is 5.41 Å². The molecule has 0 saturated heterocycles. The van der Waals surface area contributed by atoms with Crippen LogP contribution in [0.25, 0.3) is 0 Å². The molecule has 0 atom stereocenters. The fourth-order valence-electron chi connectivity index (χ4n) is 1.43. The number of halogens is 1. The smallest absolute Gasteiger partial charge is 0.216 e. The third-order valence-corrected chi connectivity index (χ3v) is 3.25. The molecule has 0 aliphatic carbocycles. The zero-order valence-corrected chi connectivity index (χ0v) is 10.6. The van der Waals surface area contributed by atoms with E-state index in [0.29, 0.717) is 11.9 Å². The third kappa shape index (κ3) is 3.40. The summed E-state index contributed by atoms with van der Waals surface area (Å²) in [6.07, 6.45) is 1.52. The van der Waals surface area contributed by atoms with Gasteiger partial charge in [-0.15, -0.1) is 0 Å². The number of ketones is 1. The molecule has 0 fully saturated rings. The van der Waals surface area contributed by atoms with Gasteiger partial charge in [0.25, 0.3) is 0 Å². The Morgan fingerprint density at radius 3 is 2.07 bits per heavy atom. The van der Waals surface area contributed by atoms with Crippen molar-refractivity contribution in [1.29, 1.82) is 0 Å². The second-order valence-corrected chi connectivity index (χ2v) is 4.01. The zero-order valence-electron chi connectivity index (χ0n) is 9.02. The number of hydrogen-bond acceptors (Lipinski definition) is 2. The maximum Gasteiger partial charge on any atom is 0.216 e. The van der Waals surface area contributed by atoms with E-state index >= 15 is 0 Å². The Balaban J connectivity index is 4.52. The number of carbonyl (C=O) groups is 2. The molecule has 0 rings (SSSR count). The second kappa shape index (κ2) is 6.17. The molecule has 0 aromatic rings. The molecular formula is C10H18BrNO2. The molecule has 0 aliphatic heterocycles. The number of rotatable bonds is 6. The van der Waals surface area contributed by atoms with E-state index in [1.165, 1.54) is 6.92 Å². The topological polar surface area (TPSA) is 46.2 Å². The van der Waals surface area contributed by atoms with Crippen LogP contribution in [0.1, 0.15) is 33.6 Å². The van der Waals surface area contributed by atoms with Crippen LogP contribution in [0, 0.1) is 5.41 Å². The maximum atomic E-state index is 11.7. The molecule has 0 aliphatic rings. The molecule has 0 aromatic carbocycles. The zero-order chi connectivity index (χ0) is 11.2. The number of alkyl halides is 1. The molecule has 4 heteroatoms. The highest BCUT2D eigenvalue weighted by Crippen LogP contribution is 2.27. The van der Waals surface area contributed by atoms with Gasteiger partial charge in [0.1, 0.15) is 0 Å². The molecule has 0 heterocycles. The van der Waals surface area contributed by atoms with E-state index in [4.69, 9.17) is 0 Å². The van der Waals surface area contributed by atoms with Crippen LogP contribution in [0.5, 0.6) is 0 Å². The van der Waals surface area contributed by atoms with Gasteiger partial charge in [-0.25, -0.2) is 0 Å². The van der Waals surface area contributed by atoms with Crippen LogP contribution >= 0.6 is 15.9 Å². The first-order chi connectivity index (χ1) is 6.52. The Labute approximate surface area is 93.8 Å². The van der Waals surface area contributed by atoms with Crippen LogP contribution in [0.2, 0.25) is 0 Å². The number of amides is 1. The second-order valence-electron chi connectivity index (χ2n) is 3.45. The van der Waals surface area contributed by atoms with Crippen LogP contribution in [0.3, 0.4) is 0 Å². The Kier molecular flexibility index (Phi) is 6.00. The van der Waals surface area contributed by atoms with Crippen molar-refractivity contribution >= 4 is 27.6 Å². The molecule has 0 aromatic heterocycles. The number of nitrogens with one attached hydrogen (secondary N) is 1. The maximum absolute atomic E-state index is 11.7. The van der Waals surface area contributed by atoms with Gasteiger partial charge in [0, 0.05) is 18.9 Å². The highest BCUT2D eigenvalue weighted by atomic mass is 79.9. The summed E-state index contributed by atoms with van der Waals surface area (Å²) in [5.41, 5.74) is -0.394. The standard InChI is InChI=1S/C10H18BrNO2/c1-4-10(5-2,9(14)6-11)7-12-8(3)13/h4-7H2,1-3H3,(H,12,13). The van der Waals surface area contributed by atoms with Crippen LogP contribution in [-0.2, 0) is 9.59 Å². The van der Waals surface area contributed by atoms with Gasteiger partial charge in [0.2, 0.25) is 5.91 Å². The molecule has 1 N–H and O–H groups in total. The van der Waals surface area contributed by atoms with Gasteiger partial charge in [-0.05, 0) is 12.8 Å². The Morgan fingerprint density at radius 1 is 1.29 bits per heavy atom. The van der Waals surface area contributed by atoms with Gasteiger partial charge in [0.15, 0.2) is 5.78 Å². The normalized spacial score (nSPS) is 11.1. The predicted octanol–water partition coefficient (Wildman–Crippen LogP) is 1.89. The van der Waals surface area contributed by atoms with Crippen molar-refractivity contribution in [3.8, 4) is 0 Å². The van der Waals surface area contributed by atoms with Gasteiger partial charge in [-0.3, -0.25) is 9.59 Å². The van der Waals surface area contributed by atoms with Crippen molar-refractivity contribution in [3.63, 3.8) is 0 Å². The van der Waals surface area contributed by atoms with E-state index in [0.717, 1.165) is 12.8 Å². The lowest BCUT2D eigenvalue weighted by Gasteiger charge is -2.29. The first-order valence-corrected chi connectivity index (χ1v) is 5.98. The largest absolute Gasteiger partial charge is 0.355 e. The molecule has 3 nitrogen and oxygen atoms in total. The Hall–Kier alpha value is -0.380. The average molecular weight is 264 g/mol. The van der Waals surface area contributed by atoms with Crippen LogP contribution in [0.15, 0.2) is 0 Å². The lowest BCUT2D eigenvalue weighted by molar-refractivity contribution is -0.127. The summed E-state index contributed by atoms with van der Waals surface area (Å²) >= 11 is 3.18. The third-order valence-electron chi connectivity index (χ3n) is 2.74. The summed E-state index contributed by atoms with van der Waals surface area (Å²) in [7, 11) is 0. The van der Waals surface area contributed by atoms with Crippen molar-refractivity contribution in [2.45, 2.75) is 33.6 Å². The minimum atomic E-state index is -0.394. The summed E-state index contributed by atoms with van der Waals surface area (Å²) in [6, 6.07) is 0. The minimum absolute atomic E-state index is 0.0846. The first-order valence-electron chi connectivity index (χ1n) is 4.86. The van der Waals surface area contributed by atoms with Crippen LogP contribution in [0.4, 0.5) is 0 Å². The molecule has 1 amide bonds. The summed E-state index contributed by atoms with van der Waals surface area (Å²) in [5.74, 6) is 0.0786. The van der Waals surface area contributed by atoms with Gasteiger partial charge in [0.05, 0.1) is 5.33 Å². The summed E-state index contributed by atoms with van der Waals surface area (Å²) in [5, 5.41) is 3.08. The van der Waals surface area contributed by atoms with Gasteiger partial charge >= 0.3 is 0 Å². The lowest BCUT2D eigenvalue weighted by Crippen LogP contribution is -2.42. The van der Waals surface area contributed by atoms with E-state index in [1.54, 1.807) is 0 Å². The fraction of sp³-hybridized carbons (Fsp3) is 0.800. The molecular weight excluding hydrogens is 246 g/mol. The first kappa shape index (κ1) is 13.6. The van der Waals surface area contributed by atoms with E-state index in [1.807, 2.05) is 13.8 Å². The SMILES string of the molecule is CCC(CC)(CNC(C)=O)C(=O)CBr. The fourth-order valence-corrected chi connectivity index (χ4v) is 2.02. The number of carbonyl (C=O) groups excluding carboxylic acids is 2.